The molecule has 1 N–H and O–H groups in total. The predicted octanol–water partition coefficient (Wildman–Crippen LogP) is 4.73. The van der Waals surface area contributed by atoms with E-state index in [0.29, 0.717) is 11.5 Å². The number of amides is 1. The highest BCUT2D eigenvalue weighted by atomic mass is 32.2. The number of nitrogens with zero attached hydrogens (tertiary/aromatic N) is 3. The first kappa shape index (κ1) is 19.8. The van der Waals surface area contributed by atoms with Gasteiger partial charge in [0, 0.05) is 35.2 Å². The molecule has 29 heavy (non-hydrogen) atoms. The molecule has 7 heteroatoms. The van der Waals surface area contributed by atoms with E-state index < -0.39 is 0 Å². The van der Waals surface area contributed by atoms with Crippen LogP contribution < -0.4 is 10.2 Å². The largest absolute Gasteiger partial charge is 0.443 e. The lowest BCUT2D eigenvalue weighted by molar-refractivity contribution is -0.120. The van der Waals surface area contributed by atoms with E-state index in [4.69, 9.17) is 9.40 Å². The molecule has 1 amide bonds. The number of piperidine rings is 1. The normalized spacial score (nSPS) is 15.1. The van der Waals surface area contributed by atoms with Crippen LogP contribution in [0.1, 0.15) is 30.0 Å². The molecule has 1 aliphatic rings. The Morgan fingerprint density at radius 3 is 2.69 bits per heavy atom. The number of hydrogen-bond acceptors (Lipinski definition) is 6. The monoisotopic (exact) mass is 410 g/mol. The van der Waals surface area contributed by atoms with Crippen LogP contribution in [0.3, 0.4) is 0 Å². The fourth-order valence-electron chi connectivity index (χ4n) is 3.86. The van der Waals surface area contributed by atoms with Crippen LogP contribution >= 0.6 is 11.8 Å². The molecule has 1 saturated heterocycles. The number of carbonyl (C=O) groups excluding carboxylic acids is 1. The molecule has 0 atom stereocenters. The summed E-state index contributed by atoms with van der Waals surface area (Å²) in [7, 11) is 0. The zero-order valence-electron chi connectivity index (χ0n) is 17.3. The molecule has 1 fully saturated rings. The molecule has 0 unspecified atom stereocenters. The Balaban J connectivity index is 1.47. The van der Waals surface area contributed by atoms with Gasteiger partial charge in [-0.05, 0) is 58.1 Å². The summed E-state index contributed by atoms with van der Waals surface area (Å²) in [5.41, 5.74) is 2.60. The van der Waals surface area contributed by atoms with Crippen molar-refractivity contribution < 1.29 is 9.21 Å². The molecule has 0 radical (unpaired) electrons. The van der Waals surface area contributed by atoms with Crippen molar-refractivity contribution in [2.24, 2.45) is 5.92 Å². The van der Waals surface area contributed by atoms with Crippen LogP contribution in [0.5, 0.6) is 0 Å². The van der Waals surface area contributed by atoms with Crippen molar-refractivity contribution in [1.82, 2.24) is 9.97 Å². The summed E-state index contributed by atoms with van der Waals surface area (Å²) >= 11 is 1.67. The number of aromatic nitrogens is 2. The van der Waals surface area contributed by atoms with Crippen molar-refractivity contribution in [3.63, 3.8) is 0 Å². The number of fused-ring (bicyclic) bond motifs is 1. The van der Waals surface area contributed by atoms with Gasteiger partial charge in [-0.15, -0.1) is 11.8 Å². The second kappa shape index (κ2) is 8.06. The standard InChI is InChI=1S/C22H26N4O2S/c1-13-14(2)28-22-19(13)20(23-15(3)24-22)26-10-8-16(9-11-26)21(27)25-17-6-5-7-18(12-17)29-4/h5-7,12,16H,8-11H2,1-4H3,(H,25,27). The topological polar surface area (TPSA) is 71.3 Å². The third-order valence-electron chi connectivity index (χ3n) is 5.62. The Hall–Kier alpha value is -2.54. The van der Waals surface area contributed by atoms with Gasteiger partial charge in [0.2, 0.25) is 11.6 Å². The highest BCUT2D eigenvalue weighted by molar-refractivity contribution is 7.98. The minimum atomic E-state index is 0.00907. The third-order valence-corrected chi connectivity index (χ3v) is 6.35. The molecule has 0 aliphatic carbocycles. The maximum Gasteiger partial charge on any atom is 0.231 e. The fraction of sp³-hybridized carbons (Fsp3) is 0.409. The molecule has 0 saturated carbocycles. The molecule has 1 aromatic carbocycles. The predicted molar refractivity (Wildman–Crippen MR) is 118 cm³/mol. The highest BCUT2D eigenvalue weighted by Crippen LogP contribution is 2.33. The number of rotatable bonds is 4. The van der Waals surface area contributed by atoms with Gasteiger partial charge in [-0.3, -0.25) is 4.79 Å². The van der Waals surface area contributed by atoms with Crippen LogP contribution in [0.15, 0.2) is 33.6 Å². The third kappa shape index (κ3) is 3.96. The number of nitrogens with one attached hydrogen (secondary N) is 1. The Morgan fingerprint density at radius 1 is 1.21 bits per heavy atom. The van der Waals surface area contributed by atoms with Crippen LogP contribution in [0.25, 0.3) is 11.1 Å². The molecule has 2 aromatic heterocycles. The fourth-order valence-corrected chi connectivity index (χ4v) is 4.32. The highest BCUT2D eigenvalue weighted by Gasteiger charge is 2.28. The second-order valence-electron chi connectivity index (χ2n) is 7.54. The zero-order valence-corrected chi connectivity index (χ0v) is 18.1. The van der Waals surface area contributed by atoms with E-state index in [2.05, 4.69) is 15.2 Å². The van der Waals surface area contributed by atoms with Crippen molar-refractivity contribution in [2.45, 2.75) is 38.5 Å². The van der Waals surface area contributed by atoms with Crippen LogP contribution in [-0.4, -0.2) is 35.2 Å². The summed E-state index contributed by atoms with van der Waals surface area (Å²) in [6.07, 6.45) is 3.63. The summed E-state index contributed by atoms with van der Waals surface area (Å²) < 4.78 is 5.81. The van der Waals surface area contributed by atoms with E-state index in [1.54, 1.807) is 11.8 Å². The van der Waals surface area contributed by atoms with Gasteiger partial charge in [-0.25, -0.2) is 4.98 Å². The average Bonchev–Trinajstić information content (AvgIpc) is 3.01. The van der Waals surface area contributed by atoms with Gasteiger partial charge in [0.15, 0.2) is 0 Å². The Labute approximate surface area is 175 Å². The van der Waals surface area contributed by atoms with E-state index >= 15 is 0 Å². The van der Waals surface area contributed by atoms with E-state index in [0.717, 1.165) is 59.0 Å². The van der Waals surface area contributed by atoms with Crippen LogP contribution in [0.2, 0.25) is 0 Å². The number of carbonyl (C=O) groups is 1. The zero-order chi connectivity index (χ0) is 20.5. The molecule has 152 valence electrons. The van der Waals surface area contributed by atoms with Crippen molar-refractivity contribution in [2.75, 3.05) is 29.6 Å². The summed E-state index contributed by atoms with van der Waals surface area (Å²) in [6.45, 7) is 7.47. The average molecular weight is 411 g/mol. The quantitative estimate of drug-likeness (QED) is 0.627. The lowest BCUT2D eigenvalue weighted by Gasteiger charge is -2.32. The minimum absolute atomic E-state index is 0.00907. The van der Waals surface area contributed by atoms with Crippen LogP contribution in [0.4, 0.5) is 11.5 Å². The Morgan fingerprint density at radius 2 is 1.97 bits per heavy atom. The van der Waals surface area contributed by atoms with Gasteiger partial charge < -0.3 is 14.6 Å². The van der Waals surface area contributed by atoms with Crippen molar-refractivity contribution in [1.29, 1.82) is 0 Å². The minimum Gasteiger partial charge on any atom is -0.443 e. The smallest absolute Gasteiger partial charge is 0.231 e. The van der Waals surface area contributed by atoms with Gasteiger partial charge in [-0.2, -0.15) is 4.98 Å². The maximum atomic E-state index is 12.8. The van der Waals surface area contributed by atoms with Crippen molar-refractivity contribution >= 4 is 40.3 Å². The molecule has 4 rings (SSSR count). The van der Waals surface area contributed by atoms with E-state index in [1.165, 1.54) is 0 Å². The summed E-state index contributed by atoms with van der Waals surface area (Å²) in [5, 5.41) is 4.07. The van der Waals surface area contributed by atoms with Crippen LogP contribution in [0, 0.1) is 26.7 Å². The lowest BCUT2D eigenvalue weighted by atomic mass is 9.95. The summed E-state index contributed by atoms with van der Waals surface area (Å²) in [5.74, 6) is 2.61. The molecule has 3 aromatic rings. The number of hydrogen-bond donors (Lipinski definition) is 1. The van der Waals surface area contributed by atoms with E-state index in [9.17, 15) is 4.79 Å². The molecule has 0 spiro atoms. The van der Waals surface area contributed by atoms with E-state index in [-0.39, 0.29) is 11.8 Å². The SMILES string of the molecule is CSc1cccc(NC(=O)C2CCN(c3nc(C)nc4oc(C)c(C)c34)CC2)c1. The number of aryl methyl sites for hydroxylation is 3. The molecule has 6 nitrogen and oxygen atoms in total. The molecular formula is C22H26N4O2S. The first-order valence-electron chi connectivity index (χ1n) is 9.90. The summed E-state index contributed by atoms with van der Waals surface area (Å²) in [4.78, 5) is 25.3. The maximum absolute atomic E-state index is 12.8. The number of furan rings is 1. The van der Waals surface area contributed by atoms with Gasteiger partial charge in [0.25, 0.3) is 0 Å². The first-order chi connectivity index (χ1) is 14.0. The van der Waals surface area contributed by atoms with Gasteiger partial charge in [0.1, 0.15) is 17.4 Å². The van der Waals surface area contributed by atoms with Crippen LogP contribution in [-0.2, 0) is 4.79 Å². The molecule has 1 aliphatic heterocycles. The Kier molecular flexibility index (Phi) is 5.50. The van der Waals surface area contributed by atoms with Crippen molar-refractivity contribution in [3.05, 3.63) is 41.4 Å². The van der Waals surface area contributed by atoms with E-state index in [1.807, 2.05) is 51.3 Å². The molecule has 3 heterocycles. The number of thioether (sulfide) groups is 1. The van der Waals surface area contributed by atoms with Gasteiger partial charge in [-0.1, -0.05) is 6.07 Å². The van der Waals surface area contributed by atoms with Gasteiger partial charge in [0.05, 0.1) is 5.39 Å². The van der Waals surface area contributed by atoms with Gasteiger partial charge >= 0.3 is 0 Å². The second-order valence-corrected chi connectivity index (χ2v) is 8.42. The van der Waals surface area contributed by atoms with Crippen molar-refractivity contribution in [3.8, 4) is 0 Å². The molecular weight excluding hydrogens is 384 g/mol. The number of anilines is 2. The Bertz CT molecular complexity index is 1050. The molecule has 0 bridgehead atoms. The number of benzene rings is 1. The first-order valence-corrected chi connectivity index (χ1v) is 11.1. The lowest BCUT2D eigenvalue weighted by Crippen LogP contribution is -2.38. The summed E-state index contributed by atoms with van der Waals surface area (Å²) in [6, 6.07) is 7.98.